The van der Waals surface area contributed by atoms with Crippen molar-refractivity contribution in [1.29, 1.82) is 0 Å². The Balaban J connectivity index is 2.70. The molecule has 0 aliphatic heterocycles. The highest BCUT2D eigenvalue weighted by Gasteiger charge is 2.65. The van der Waals surface area contributed by atoms with Gasteiger partial charge in [0, 0.05) is 12.5 Å². The molecule has 1 aliphatic carbocycles. The van der Waals surface area contributed by atoms with Crippen LogP contribution in [0.5, 0.6) is 0 Å². The van der Waals surface area contributed by atoms with Crippen molar-refractivity contribution in [3.63, 3.8) is 0 Å². The normalized spacial score (nSPS) is 26.5. The van der Waals surface area contributed by atoms with Crippen LogP contribution in [0, 0.1) is 17.3 Å². The highest BCUT2D eigenvalue weighted by Crippen LogP contribution is 2.54. The Morgan fingerprint density at radius 2 is 2.24 bits per heavy atom. The van der Waals surface area contributed by atoms with E-state index in [-0.39, 0.29) is 11.8 Å². The number of carbonyl (C=O) groups excluding carboxylic acids is 2. The van der Waals surface area contributed by atoms with Gasteiger partial charge in [0.1, 0.15) is 0 Å². The lowest BCUT2D eigenvalue weighted by Gasteiger charge is -2.16. The van der Waals surface area contributed by atoms with Crippen LogP contribution in [0.3, 0.4) is 0 Å². The summed E-state index contributed by atoms with van der Waals surface area (Å²) in [6.45, 7) is 10.3. The zero-order valence-electron chi connectivity index (χ0n) is 10.8. The molecule has 96 valence electrons. The second-order valence-corrected chi connectivity index (χ2v) is 4.84. The molecule has 1 amide bonds. The standard InChI is InChI=1S/C13H21NO3/c1-5-10-7-13(10,12(16)17-6-2)11(15)14-8-9(3)4/h5,9-10H,1,6-8H2,2-4H3,(H,14,15). The zero-order chi connectivity index (χ0) is 13.1. The number of allylic oxidation sites excluding steroid dienone is 1. The predicted octanol–water partition coefficient (Wildman–Crippen LogP) is 1.51. The molecular weight excluding hydrogens is 218 g/mol. The second kappa shape index (κ2) is 5.34. The first-order valence-corrected chi connectivity index (χ1v) is 6.07. The molecule has 1 fully saturated rings. The lowest BCUT2D eigenvalue weighted by Crippen LogP contribution is -2.40. The summed E-state index contributed by atoms with van der Waals surface area (Å²) in [6.07, 6.45) is 2.17. The number of esters is 1. The van der Waals surface area contributed by atoms with E-state index in [0.717, 1.165) is 0 Å². The fourth-order valence-corrected chi connectivity index (χ4v) is 1.88. The van der Waals surface area contributed by atoms with E-state index in [0.29, 0.717) is 25.5 Å². The molecule has 0 bridgehead atoms. The van der Waals surface area contributed by atoms with Gasteiger partial charge >= 0.3 is 5.97 Å². The molecule has 2 unspecified atom stereocenters. The summed E-state index contributed by atoms with van der Waals surface area (Å²) in [4.78, 5) is 23.9. The number of hydrogen-bond acceptors (Lipinski definition) is 3. The summed E-state index contributed by atoms with van der Waals surface area (Å²) < 4.78 is 4.98. The summed E-state index contributed by atoms with van der Waals surface area (Å²) in [5.74, 6) is -0.381. The molecule has 4 heteroatoms. The largest absolute Gasteiger partial charge is 0.465 e. The maximum atomic E-state index is 12.1. The molecular formula is C13H21NO3. The molecule has 2 atom stereocenters. The van der Waals surface area contributed by atoms with Crippen LogP contribution in [-0.2, 0) is 14.3 Å². The van der Waals surface area contributed by atoms with Crippen LogP contribution >= 0.6 is 0 Å². The monoisotopic (exact) mass is 239 g/mol. The van der Waals surface area contributed by atoms with Crippen molar-refractivity contribution in [1.82, 2.24) is 5.32 Å². The molecule has 1 N–H and O–H groups in total. The molecule has 1 rings (SSSR count). The highest BCUT2D eigenvalue weighted by atomic mass is 16.5. The van der Waals surface area contributed by atoms with E-state index in [2.05, 4.69) is 11.9 Å². The maximum absolute atomic E-state index is 12.1. The lowest BCUT2D eigenvalue weighted by atomic mass is 10.0. The van der Waals surface area contributed by atoms with Crippen molar-refractivity contribution in [3.05, 3.63) is 12.7 Å². The van der Waals surface area contributed by atoms with Crippen molar-refractivity contribution in [2.75, 3.05) is 13.2 Å². The highest BCUT2D eigenvalue weighted by molar-refractivity contribution is 6.06. The van der Waals surface area contributed by atoms with Crippen LogP contribution in [0.15, 0.2) is 12.7 Å². The van der Waals surface area contributed by atoms with Gasteiger partial charge < -0.3 is 10.1 Å². The fourth-order valence-electron chi connectivity index (χ4n) is 1.88. The quantitative estimate of drug-likeness (QED) is 0.434. The van der Waals surface area contributed by atoms with Crippen molar-refractivity contribution in [2.45, 2.75) is 27.2 Å². The zero-order valence-corrected chi connectivity index (χ0v) is 10.8. The average molecular weight is 239 g/mol. The van der Waals surface area contributed by atoms with Crippen LogP contribution < -0.4 is 5.32 Å². The van der Waals surface area contributed by atoms with Gasteiger partial charge in [0.05, 0.1) is 6.61 Å². The SMILES string of the molecule is C=CC1CC1(C(=O)NCC(C)C)C(=O)OCC. The Bertz CT molecular complexity index is 325. The molecule has 0 spiro atoms. The Kier molecular flexibility index (Phi) is 4.32. The van der Waals surface area contributed by atoms with Gasteiger partial charge in [-0.05, 0) is 19.3 Å². The number of hydrogen-bond donors (Lipinski definition) is 1. The van der Waals surface area contributed by atoms with Crippen molar-refractivity contribution in [2.24, 2.45) is 17.3 Å². The van der Waals surface area contributed by atoms with E-state index in [1.807, 2.05) is 13.8 Å². The summed E-state index contributed by atoms with van der Waals surface area (Å²) >= 11 is 0. The van der Waals surface area contributed by atoms with E-state index in [1.54, 1.807) is 13.0 Å². The minimum absolute atomic E-state index is 0.0892. The Hall–Kier alpha value is -1.32. The van der Waals surface area contributed by atoms with Gasteiger partial charge in [-0.3, -0.25) is 9.59 Å². The third kappa shape index (κ3) is 2.68. The number of amides is 1. The smallest absolute Gasteiger partial charge is 0.322 e. The molecule has 0 aromatic heterocycles. The summed E-state index contributed by atoms with van der Waals surface area (Å²) in [6, 6.07) is 0. The van der Waals surface area contributed by atoms with E-state index in [9.17, 15) is 9.59 Å². The third-order valence-electron chi connectivity index (χ3n) is 3.01. The summed E-state index contributed by atoms with van der Waals surface area (Å²) in [7, 11) is 0. The number of ether oxygens (including phenoxy) is 1. The first-order chi connectivity index (χ1) is 7.98. The first kappa shape index (κ1) is 13.7. The van der Waals surface area contributed by atoms with Gasteiger partial charge in [-0.2, -0.15) is 0 Å². The molecule has 1 aliphatic rings. The molecule has 0 saturated heterocycles. The average Bonchev–Trinajstić information content (AvgIpc) is 3.02. The van der Waals surface area contributed by atoms with E-state index >= 15 is 0 Å². The predicted molar refractivity (Wildman–Crippen MR) is 65.2 cm³/mol. The molecule has 0 aromatic carbocycles. The van der Waals surface area contributed by atoms with Crippen LogP contribution in [0.25, 0.3) is 0 Å². The van der Waals surface area contributed by atoms with Gasteiger partial charge in [-0.1, -0.05) is 19.9 Å². The Labute approximate surface area is 102 Å². The van der Waals surface area contributed by atoms with Crippen molar-refractivity contribution < 1.29 is 14.3 Å². The first-order valence-electron chi connectivity index (χ1n) is 6.07. The molecule has 1 saturated carbocycles. The molecule has 17 heavy (non-hydrogen) atoms. The van der Waals surface area contributed by atoms with Gasteiger partial charge in [0.15, 0.2) is 5.41 Å². The molecule has 4 nitrogen and oxygen atoms in total. The van der Waals surface area contributed by atoms with E-state index < -0.39 is 11.4 Å². The topological polar surface area (TPSA) is 55.4 Å². The molecule has 0 heterocycles. The van der Waals surface area contributed by atoms with Crippen molar-refractivity contribution in [3.8, 4) is 0 Å². The van der Waals surface area contributed by atoms with Crippen LogP contribution in [0.1, 0.15) is 27.2 Å². The Morgan fingerprint density at radius 1 is 1.59 bits per heavy atom. The number of nitrogens with one attached hydrogen (secondary N) is 1. The third-order valence-corrected chi connectivity index (χ3v) is 3.01. The van der Waals surface area contributed by atoms with E-state index in [1.165, 1.54) is 0 Å². The van der Waals surface area contributed by atoms with Crippen LogP contribution in [0.4, 0.5) is 0 Å². The summed E-state index contributed by atoms with van der Waals surface area (Å²) in [5.41, 5.74) is -1.01. The van der Waals surface area contributed by atoms with Crippen LogP contribution in [0.2, 0.25) is 0 Å². The number of rotatable bonds is 6. The van der Waals surface area contributed by atoms with Gasteiger partial charge in [-0.15, -0.1) is 6.58 Å². The fraction of sp³-hybridized carbons (Fsp3) is 0.692. The second-order valence-electron chi connectivity index (χ2n) is 4.84. The van der Waals surface area contributed by atoms with Gasteiger partial charge in [-0.25, -0.2) is 0 Å². The van der Waals surface area contributed by atoms with Crippen LogP contribution in [-0.4, -0.2) is 25.0 Å². The van der Waals surface area contributed by atoms with Gasteiger partial charge in [0.25, 0.3) is 0 Å². The number of carbonyl (C=O) groups is 2. The minimum Gasteiger partial charge on any atom is -0.465 e. The molecule has 0 aromatic rings. The summed E-state index contributed by atoms with van der Waals surface area (Å²) in [5, 5.41) is 2.80. The maximum Gasteiger partial charge on any atom is 0.322 e. The lowest BCUT2D eigenvalue weighted by molar-refractivity contribution is -0.154. The van der Waals surface area contributed by atoms with Crippen molar-refractivity contribution >= 4 is 11.9 Å². The van der Waals surface area contributed by atoms with E-state index in [4.69, 9.17) is 4.74 Å². The van der Waals surface area contributed by atoms with Gasteiger partial charge in [0.2, 0.25) is 5.91 Å². The molecule has 0 radical (unpaired) electrons. The minimum atomic E-state index is -1.01. The Morgan fingerprint density at radius 3 is 2.65 bits per heavy atom.